The van der Waals surface area contributed by atoms with Crippen LogP contribution in [0.5, 0.6) is 0 Å². The number of carbonyl (C=O) groups excluding carboxylic acids is 1. The van der Waals surface area contributed by atoms with E-state index < -0.39 is 0 Å². The topological polar surface area (TPSA) is 29.1 Å². The number of alkyl halides is 1. The molecule has 1 rings (SSSR count). The third-order valence-electron chi connectivity index (χ3n) is 2.14. The van der Waals surface area contributed by atoms with Crippen LogP contribution in [0, 0.1) is 0 Å². The predicted molar refractivity (Wildman–Crippen MR) is 76.6 cm³/mol. The maximum atomic E-state index is 11.6. The number of halogens is 2. The highest BCUT2D eigenvalue weighted by Gasteiger charge is 2.06. The van der Waals surface area contributed by atoms with Crippen molar-refractivity contribution in [3.05, 3.63) is 20.8 Å². The molecule has 0 unspecified atom stereocenters. The van der Waals surface area contributed by atoms with Gasteiger partial charge in [0.2, 0.25) is 0 Å². The van der Waals surface area contributed by atoms with E-state index >= 15 is 0 Å². The molecule has 0 aliphatic rings. The summed E-state index contributed by atoms with van der Waals surface area (Å²) in [7, 11) is 0. The van der Waals surface area contributed by atoms with Gasteiger partial charge in [0.15, 0.2) is 0 Å². The molecular weight excluding hydrogens is 354 g/mol. The molecule has 1 heterocycles. The van der Waals surface area contributed by atoms with Crippen molar-refractivity contribution in [1.29, 1.82) is 0 Å². The Balaban J connectivity index is 2.11. The molecule has 0 spiro atoms. The van der Waals surface area contributed by atoms with Crippen LogP contribution in [0.2, 0.25) is 0 Å². The zero-order valence-corrected chi connectivity index (χ0v) is 13.0. The number of hydrogen-bond donors (Lipinski definition) is 1. The van der Waals surface area contributed by atoms with Crippen LogP contribution in [0.25, 0.3) is 0 Å². The average molecular weight is 369 g/mol. The molecule has 2 nitrogen and oxygen atoms in total. The van der Waals surface area contributed by atoms with Crippen LogP contribution >= 0.6 is 43.2 Å². The molecule has 0 saturated heterocycles. The molecule has 5 heteroatoms. The predicted octanol–water partition coefficient (Wildman–Crippen LogP) is 4.20. The van der Waals surface area contributed by atoms with E-state index in [-0.39, 0.29) is 5.91 Å². The molecule has 1 N–H and O–H groups in total. The van der Waals surface area contributed by atoms with Gasteiger partial charge in [0, 0.05) is 11.9 Å². The van der Waals surface area contributed by atoms with Gasteiger partial charge in [-0.05, 0) is 40.9 Å². The van der Waals surface area contributed by atoms with E-state index in [0.717, 1.165) is 27.0 Å². The molecule has 0 radical (unpaired) electrons. The highest BCUT2D eigenvalue weighted by molar-refractivity contribution is 9.11. The number of hydrogen-bond acceptors (Lipinski definition) is 2. The lowest BCUT2D eigenvalue weighted by molar-refractivity contribution is 0.0957. The van der Waals surface area contributed by atoms with Gasteiger partial charge in [0.25, 0.3) is 5.91 Å². The maximum Gasteiger partial charge on any atom is 0.261 e. The van der Waals surface area contributed by atoms with Gasteiger partial charge in [0.05, 0.1) is 8.66 Å². The van der Waals surface area contributed by atoms with Crippen molar-refractivity contribution in [3.63, 3.8) is 0 Å². The van der Waals surface area contributed by atoms with Crippen LogP contribution in [0.15, 0.2) is 15.9 Å². The Kier molecular flexibility index (Phi) is 7.32. The fourth-order valence-electron chi connectivity index (χ4n) is 1.30. The van der Waals surface area contributed by atoms with Gasteiger partial charge in [0.1, 0.15) is 0 Å². The number of nitrogens with one attached hydrogen (secondary N) is 1. The minimum absolute atomic E-state index is 0.0381. The first-order chi connectivity index (χ1) is 7.74. The fraction of sp³-hybridized carbons (Fsp3) is 0.545. The fourth-order valence-corrected chi connectivity index (χ4v) is 3.00. The van der Waals surface area contributed by atoms with Gasteiger partial charge in [-0.1, -0.05) is 28.8 Å². The first kappa shape index (κ1) is 14.2. The average Bonchev–Trinajstić information content (AvgIpc) is 2.70. The summed E-state index contributed by atoms with van der Waals surface area (Å²) in [6.07, 6.45) is 4.68. The molecule has 16 heavy (non-hydrogen) atoms. The number of thiophene rings is 1. The van der Waals surface area contributed by atoms with Crippen LogP contribution in [0.3, 0.4) is 0 Å². The SMILES string of the molecule is O=C(NCCCCCCBr)c1ccc(Br)s1. The van der Waals surface area contributed by atoms with Crippen molar-refractivity contribution < 1.29 is 4.79 Å². The van der Waals surface area contributed by atoms with E-state index in [1.165, 1.54) is 30.6 Å². The van der Waals surface area contributed by atoms with Crippen molar-refractivity contribution >= 4 is 49.1 Å². The van der Waals surface area contributed by atoms with E-state index in [1.54, 1.807) is 0 Å². The summed E-state index contributed by atoms with van der Waals surface area (Å²) in [5.41, 5.74) is 0. The van der Waals surface area contributed by atoms with Gasteiger partial charge in [-0.3, -0.25) is 4.79 Å². The summed E-state index contributed by atoms with van der Waals surface area (Å²) in [6.45, 7) is 0.774. The summed E-state index contributed by atoms with van der Waals surface area (Å²) < 4.78 is 0.995. The number of rotatable bonds is 7. The molecule has 0 aliphatic carbocycles. The van der Waals surface area contributed by atoms with Crippen LogP contribution < -0.4 is 5.32 Å². The Morgan fingerprint density at radius 2 is 2.00 bits per heavy atom. The molecule has 1 aromatic heterocycles. The zero-order chi connectivity index (χ0) is 11.8. The Morgan fingerprint density at radius 1 is 1.25 bits per heavy atom. The van der Waals surface area contributed by atoms with Gasteiger partial charge < -0.3 is 5.32 Å². The summed E-state index contributed by atoms with van der Waals surface area (Å²) in [5, 5.41) is 4.00. The van der Waals surface area contributed by atoms with E-state index in [9.17, 15) is 4.79 Å². The summed E-state index contributed by atoms with van der Waals surface area (Å²) >= 11 is 8.21. The van der Waals surface area contributed by atoms with Gasteiger partial charge in [-0.2, -0.15) is 0 Å². The van der Waals surface area contributed by atoms with Crippen LogP contribution in [0.1, 0.15) is 35.4 Å². The van der Waals surface area contributed by atoms with E-state index in [2.05, 4.69) is 37.2 Å². The minimum Gasteiger partial charge on any atom is -0.351 e. The second-order valence-corrected chi connectivity index (χ2v) is 6.72. The maximum absolute atomic E-state index is 11.6. The van der Waals surface area contributed by atoms with Crippen molar-refractivity contribution in [2.45, 2.75) is 25.7 Å². The lowest BCUT2D eigenvalue weighted by atomic mass is 10.2. The number of unbranched alkanes of at least 4 members (excludes halogenated alkanes) is 3. The third-order valence-corrected chi connectivity index (χ3v) is 4.33. The number of amides is 1. The summed E-state index contributed by atoms with van der Waals surface area (Å²) in [5.74, 6) is 0.0381. The molecule has 90 valence electrons. The van der Waals surface area contributed by atoms with Crippen LogP contribution in [-0.2, 0) is 0 Å². The standard InChI is InChI=1S/C11H15Br2NOS/c12-7-3-1-2-4-8-14-11(15)9-5-6-10(13)16-9/h5-6H,1-4,7-8H2,(H,14,15). The monoisotopic (exact) mass is 367 g/mol. The Hall–Kier alpha value is 0.130. The second-order valence-electron chi connectivity index (χ2n) is 3.46. The van der Waals surface area contributed by atoms with Crippen molar-refractivity contribution in [2.24, 2.45) is 0 Å². The Bertz CT molecular complexity index is 328. The highest BCUT2D eigenvalue weighted by Crippen LogP contribution is 2.21. The van der Waals surface area contributed by atoms with Gasteiger partial charge in [-0.25, -0.2) is 0 Å². The van der Waals surface area contributed by atoms with E-state index in [0.29, 0.717) is 0 Å². The molecular formula is C11H15Br2NOS. The normalized spacial score (nSPS) is 10.4. The van der Waals surface area contributed by atoms with E-state index in [1.807, 2.05) is 12.1 Å². The van der Waals surface area contributed by atoms with Crippen molar-refractivity contribution in [2.75, 3.05) is 11.9 Å². The molecule has 0 fully saturated rings. The third kappa shape index (κ3) is 5.46. The Labute approximate surface area is 117 Å². The lowest BCUT2D eigenvalue weighted by Gasteiger charge is -2.02. The van der Waals surface area contributed by atoms with Crippen LogP contribution in [-0.4, -0.2) is 17.8 Å². The van der Waals surface area contributed by atoms with Crippen molar-refractivity contribution in [1.82, 2.24) is 5.32 Å². The summed E-state index contributed by atoms with van der Waals surface area (Å²) in [4.78, 5) is 12.4. The number of carbonyl (C=O) groups is 1. The smallest absolute Gasteiger partial charge is 0.261 e. The van der Waals surface area contributed by atoms with Crippen LogP contribution in [0.4, 0.5) is 0 Å². The van der Waals surface area contributed by atoms with Gasteiger partial charge >= 0.3 is 0 Å². The minimum atomic E-state index is 0.0381. The first-order valence-electron chi connectivity index (χ1n) is 5.33. The molecule has 0 bridgehead atoms. The quantitative estimate of drug-likeness (QED) is 0.567. The first-order valence-corrected chi connectivity index (χ1v) is 8.06. The molecule has 0 atom stereocenters. The molecule has 1 aromatic rings. The zero-order valence-electron chi connectivity index (χ0n) is 8.97. The van der Waals surface area contributed by atoms with Crippen molar-refractivity contribution in [3.8, 4) is 0 Å². The highest BCUT2D eigenvalue weighted by atomic mass is 79.9. The lowest BCUT2D eigenvalue weighted by Crippen LogP contribution is -2.23. The molecule has 1 amide bonds. The van der Waals surface area contributed by atoms with E-state index in [4.69, 9.17) is 0 Å². The second kappa shape index (κ2) is 8.25. The largest absolute Gasteiger partial charge is 0.351 e. The molecule has 0 saturated carbocycles. The molecule has 0 aromatic carbocycles. The molecule has 0 aliphatic heterocycles. The van der Waals surface area contributed by atoms with Gasteiger partial charge in [-0.15, -0.1) is 11.3 Å². The Morgan fingerprint density at radius 3 is 2.62 bits per heavy atom. The summed E-state index contributed by atoms with van der Waals surface area (Å²) in [6, 6.07) is 3.74.